The van der Waals surface area contributed by atoms with Crippen LogP contribution in [0.4, 0.5) is 5.69 Å². The maximum Gasteiger partial charge on any atom is 0.162 e. The topological polar surface area (TPSA) is 46.3 Å². The molecule has 0 unspecified atom stereocenters. The van der Waals surface area contributed by atoms with E-state index >= 15 is 0 Å². The van der Waals surface area contributed by atoms with Gasteiger partial charge in [0.25, 0.3) is 0 Å². The minimum Gasteiger partial charge on any atom is -0.493 e. The van der Waals surface area contributed by atoms with Gasteiger partial charge in [-0.1, -0.05) is 0 Å². The molecule has 0 radical (unpaired) electrons. The number of rotatable bonds is 5. The Hall–Kier alpha value is -2.10. The van der Waals surface area contributed by atoms with Gasteiger partial charge in [-0.3, -0.25) is 0 Å². The molecule has 2 rings (SSSR count). The predicted octanol–water partition coefficient (Wildman–Crippen LogP) is 2.64. The largest absolute Gasteiger partial charge is 0.493 e. The molecule has 1 heterocycles. The number of methoxy groups -OCH3 is 2. The summed E-state index contributed by atoms with van der Waals surface area (Å²) in [5, 5.41) is 3.32. The molecule has 0 fully saturated rings. The lowest BCUT2D eigenvalue weighted by atomic mass is 10.2. The highest BCUT2D eigenvalue weighted by Gasteiger charge is 2.04. The van der Waals surface area contributed by atoms with Crippen LogP contribution in [0, 0.1) is 0 Å². The van der Waals surface area contributed by atoms with E-state index in [1.54, 1.807) is 14.2 Å². The summed E-state index contributed by atoms with van der Waals surface area (Å²) in [6.07, 6.45) is 3.87. The van der Waals surface area contributed by atoms with Gasteiger partial charge >= 0.3 is 0 Å². The van der Waals surface area contributed by atoms with Crippen molar-refractivity contribution in [2.75, 3.05) is 19.5 Å². The van der Waals surface area contributed by atoms with Gasteiger partial charge in [0, 0.05) is 30.7 Å². The van der Waals surface area contributed by atoms with Gasteiger partial charge < -0.3 is 19.8 Å². The van der Waals surface area contributed by atoms with E-state index in [0.29, 0.717) is 0 Å². The highest BCUT2D eigenvalue weighted by atomic mass is 16.5. The predicted molar refractivity (Wildman–Crippen MR) is 67.7 cm³/mol. The number of nitrogens with one attached hydrogen (secondary N) is 2. The Balaban J connectivity index is 2.06. The van der Waals surface area contributed by atoms with Gasteiger partial charge in [-0.15, -0.1) is 0 Å². The zero-order valence-electron chi connectivity index (χ0n) is 9.99. The standard InChI is InChI=1S/C13H16N2O2/c1-16-12-4-3-11(7-13(12)17-2)15-9-10-5-6-14-8-10/h3-8,14-15H,9H2,1-2H3. The number of anilines is 1. The lowest BCUT2D eigenvalue weighted by molar-refractivity contribution is 0.355. The highest BCUT2D eigenvalue weighted by molar-refractivity contribution is 5.54. The molecule has 0 atom stereocenters. The fraction of sp³-hybridized carbons (Fsp3) is 0.231. The van der Waals surface area contributed by atoms with E-state index in [4.69, 9.17) is 9.47 Å². The van der Waals surface area contributed by atoms with Crippen LogP contribution in [0.15, 0.2) is 36.7 Å². The van der Waals surface area contributed by atoms with Crippen molar-refractivity contribution in [1.29, 1.82) is 0 Å². The second-order valence-electron chi connectivity index (χ2n) is 3.64. The van der Waals surface area contributed by atoms with Gasteiger partial charge in [-0.2, -0.15) is 0 Å². The molecule has 4 heteroatoms. The Morgan fingerprint density at radius 2 is 1.94 bits per heavy atom. The number of aromatic nitrogens is 1. The maximum absolute atomic E-state index is 5.24. The molecular formula is C13H16N2O2. The van der Waals surface area contributed by atoms with Gasteiger partial charge in [-0.05, 0) is 23.8 Å². The minimum absolute atomic E-state index is 0.728. The number of hydrogen-bond donors (Lipinski definition) is 2. The van der Waals surface area contributed by atoms with E-state index in [0.717, 1.165) is 23.7 Å². The third-order valence-corrected chi connectivity index (χ3v) is 2.54. The third-order valence-electron chi connectivity index (χ3n) is 2.54. The Morgan fingerprint density at radius 1 is 1.12 bits per heavy atom. The van der Waals surface area contributed by atoms with Gasteiger partial charge in [0.15, 0.2) is 11.5 Å². The fourth-order valence-corrected chi connectivity index (χ4v) is 1.62. The quantitative estimate of drug-likeness (QED) is 0.833. The monoisotopic (exact) mass is 232 g/mol. The van der Waals surface area contributed by atoms with Crippen LogP contribution in [-0.4, -0.2) is 19.2 Å². The summed E-state index contributed by atoms with van der Waals surface area (Å²) >= 11 is 0. The first-order valence-electron chi connectivity index (χ1n) is 5.41. The summed E-state index contributed by atoms with van der Waals surface area (Å²) in [5.41, 5.74) is 2.21. The van der Waals surface area contributed by atoms with Gasteiger partial charge in [0.2, 0.25) is 0 Å². The van der Waals surface area contributed by atoms with Gasteiger partial charge in [0.1, 0.15) is 0 Å². The lowest BCUT2D eigenvalue weighted by Crippen LogP contribution is -1.99. The van der Waals surface area contributed by atoms with Crippen LogP contribution in [0.5, 0.6) is 11.5 Å². The van der Waals surface area contributed by atoms with E-state index in [9.17, 15) is 0 Å². The molecule has 17 heavy (non-hydrogen) atoms. The van der Waals surface area contributed by atoms with E-state index < -0.39 is 0 Å². The van der Waals surface area contributed by atoms with Crippen LogP contribution in [0.3, 0.4) is 0 Å². The molecule has 2 aromatic rings. The third kappa shape index (κ3) is 2.72. The van der Waals surface area contributed by atoms with Crippen LogP contribution in [0.2, 0.25) is 0 Å². The van der Waals surface area contributed by atoms with Crippen molar-refractivity contribution in [3.05, 3.63) is 42.2 Å². The first kappa shape index (κ1) is 11.4. The average Bonchev–Trinajstić information content (AvgIpc) is 2.89. The first-order chi connectivity index (χ1) is 8.33. The van der Waals surface area contributed by atoms with Gasteiger partial charge in [0.05, 0.1) is 14.2 Å². The van der Waals surface area contributed by atoms with Crippen molar-refractivity contribution in [2.24, 2.45) is 0 Å². The molecule has 0 spiro atoms. The normalized spacial score (nSPS) is 10.0. The molecule has 0 saturated carbocycles. The molecule has 2 N–H and O–H groups in total. The molecule has 1 aromatic heterocycles. The summed E-state index contributed by atoms with van der Waals surface area (Å²) < 4.78 is 10.4. The summed E-state index contributed by atoms with van der Waals surface area (Å²) in [4.78, 5) is 3.02. The average molecular weight is 232 g/mol. The fourth-order valence-electron chi connectivity index (χ4n) is 1.62. The number of aromatic amines is 1. The number of hydrogen-bond acceptors (Lipinski definition) is 3. The molecule has 0 aliphatic heterocycles. The Bertz CT molecular complexity index is 466. The van der Waals surface area contributed by atoms with Crippen LogP contribution >= 0.6 is 0 Å². The van der Waals surface area contributed by atoms with Crippen molar-refractivity contribution in [2.45, 2.75) is 6.54 Å². The highest BCUT2D eigenvalue weighted by Crippen LogP contribution is 2.29. The summed E-state index contributed by atoms with van der Waals surface area (Å²) in [7, 11) is 3.26. The zero-order valence-corrected chi connectivity index (χ0v) is 9.99. The number of benzene rings is 1. The zero-order chi connectivity index (χ0) is 12.1. The molecule has 0 amide bonds. The SMILES string of the molecule is COc1ccc(NCc2cc[nH]c2)cc1OC. The molecule has 0 aliphatic carbocycles. The van der Waals surface area contributed by atoms with Crippen molar-refractivity contribution in [3.63, 3.8) is 0 Å². The van der Waals surface area contributed by atoms with Crippen molar-refractivity contribution in [3.8, 4) is 11.5 Å². The summed E-state index contributed by atoms with van der Waals surface area (Å²) in [5.74, 6) is 1.46. The van der Waals surface area contributed by atoms with Crippen molar-refractivity contribution < 1.29 is 9.47 Å². The Labute approximate surface area is 101 Å². The van der Waals surface area contributed by atoms with Crippen molar-refractivity contribution >= 4 is 5.69 Å². The molecule has 0 saturated heterocycles. The lowest BCUT2D eigenvalue weighted by Gasteiger charge is -2.10. The molecule has 0 aliphatic rings. The van der Waals surface area contributed by atoms with Crippen LogP contribution < -0.4 is 14.8 Å². The van der Waals surface area contributed by atoms with Gasteiger partial charge in [-0.25, -0.2) is 0 Å². The van der Waals surface area contributed by atoms with Crippen LogP contribution in [-0.2, 0) is 6.54 Å². The van der Waals surface area contributed by atoms with E-state index in [-0.39, 0.29) is 0 Å². The molecule has 1 aromatic carbocycles. The minimum atomic E-state index is 0.728. The maximum atomic E-state index is 5.24. The summed E-state index contributed by atoms with van der Waals surface area (Å²) in [6.45, 7) is 0.777. The number of H-pyrrole nitrogens is 1. The number of ether oxygens (including phenoxy) is 2. The Kier molecular flexibility index (Phi) is 3.55. The second-order valence-corrected chi connectivity index (χ2v) is 3.64. The smallest absolute Gasteiger partial charge is 0.162 e. The molecule has 90 valence electrons. The summed E-state index contributed by atoms with van der Waals surface area (Å²) in [6, 6.07) is 7.81. The Morgan fingerprint density at radius 3 is 2.59 bits per heavy atom. The van der Waals surface area contributed by atoms with Crippen LogP contribution in [0.1, 0.15) is 5.56 Å². The molecule has 0 bridgehead atoms. The van der Waals surface area contributed by atoms with E-state index in [2.05, 4.69) is 10.3 Å². The van der Waals surface area contributed by atoms with E-state index in [1.165, 1.54) is 5.56 Å². The van der Waals surface area contributed by atoms with Crippen LogP contribution in [0.25, 0.3) is 0 Å². The second kappa shape index (κ2) is 5.30. The van der Waals surface area contributed by atoms with E-state index in [1.807, 2.05) is 36.7 Å². The first-order valence-corrected chi connectivity index (χ1v) is 5.41. The molecular weight excluding hydrogens is 216 g/mol. The van der Waals surface area contributed by atoms with Crippen molar-refractivity contribution in [1.82, 2.24) is 4.98 Å². The molecule has 4 nitrogen and oxygen atoms in total.